The van der Waals surface area contributed by atoms with E-state index < -0.39 is 5.97 Å². The Morgan fingerprint density at radius 1 is 1.56 bits per heavy atom. The summed E-state index contributed by atoms with van der Waals surface area (Å²) >= 11 is 5.62. The molecule has 0 aromatic carbocycles. The number of nitrogens with zero attached hydrogens (tertiary/aromatic N) is 2. The molecule has 5 nitrogen and oxygen atoms in total. The molecule has 0 atom stereocenters. The van der Waals surface area contributed by atoms with Crippen molar-refractivity contribution in [3.63, 3.8) is 0 Å². The van der Waals surface area contributed by atoms with Crippen molar-refractivity contribution in [2.45, 2.75) is 0 Å². The molecule has 0 saturated heterocycles. The zero-order chi connectivity index (χ0) is 11.5. The van der Waals surface area contributed by atoms with Gasteiger partial charge in [-0.2, -0.15) is 0 Å². The second-order valence-corrected chi connectivity index (χ2v) is 3.35. The zero-order valence-electron chi connectivity index (χ0n) is 8.18. The summed E-state index contributed by atoms with van der Waals surface area (Å²) in [6.45, 7) is 0. The number of anilines is 1. The van der Waals surface area contributed by atoms with Crippen LogP contribution < -0.4 is 5.73 Å². The van der Waals surface area contributed by atoms with E-state index in [1.807, 2.05) is 0 Å². The Labute approximate surface area is 96.5 Å². The van der Waals surface area contributed by atoms with Gasteiger partial charge in [0.2, 0.25) is 0 Å². The Morgan fingerprint density at radius 3 is 3.06 bits per heavy atom. The molecule has 0 aliphatic carbocycles. The minimum absolute atomic E-state index is 0.109. The highest BCUT2D eigenvalue weighted by Gasteiger charge is 2.24. The molecule has 6 heteroatoms. The van der Waals surface area contributed by atoms with Crippen molar-refractivity contribution in [2.75, 3.05) is 11.6 Å². The van der Waals surface area contributed by atoms with Gasteiger partial charge in [-0.05, 0) is 18.2 Å². The zero-order valence-corrected chi connectivity index (χ0v) is 8.94. The van der Waals surface area contributed by atoms with Crippen molar-refractivity contribution in [1.82, 2.24) is 4.98 Å². The second-order valence-electron chi connectivity index (χ2n) is 3.09. The maximum atomic E-state index is 11.3. The van der Waals surface area contributed by atoms with E-state index in [0.717, 1.165) is 0 Å². The smallest absolute Gasteiger partial charge is 0.367 e. The molecule has 0 amide bonds. The average molecular weight is 238 g/mol. The molecule has 0 radical (unpaired) electrons. The van der Waals surface area contributed by atoms with Crippen molar-refractivity contribution in [1.29, 1.82) is 0 Å². The Morgan fingerprint density at radius 2 is 2.38 bits per heavy atom. The number of pyridine rings is 1. The number of carbonyl (C=O) groups excluding carboxylic acids is 1. The van der Waals surface area contributed by atoms with Crippen LogP contribution in [-0.4, -0.2) is 22.5 Å². The average Bonchev–Trinajstić information content (AvgIpc) is 2.63. The topological polar surface area (TPSA) is 77.6 Å². The van der Waals surface area contributed by atoms with Crippen molar-refractivity contribution >= 4 is 35.2 Å². The number of nitrogen functional groups attached to an aromatic ring is 1. The van der Waals surface area contributed by atoms with E-state index in [2.05, 4.69) is 15.0 Å². The van der Waals surface area contributed by atoms with E-state index in [9.17, 15) is 4.79 Å². The molecule has 0 bridgehead atoms. The first-order chi connectivity index (χ1) is 7.72. The molecule has 1 aromatic rings. The molecule has 0 fully saturated rings. The fraction of sp³-hybridized carbons (Fsp3) is 0.100. The Kier molecular flexibility index (Phi) is 2.87. The molecule has 0 spiro atoms. The maximum Gasteiger partial charge on any atom is 0.367 e. The number of halogens is 1. The van der Waals surface area contributed by atoms with Gasteiger partial charge in [0.15, 0.2) is 0 Å². The van der Waals surface area contributed by atoms with E-state index in [4.69, 9.17) is 17.3 Å². The molecular formula is C10H8ClN3O2. The van der Waals surface area contributed by atoms with Crippen LogP contribution in [0.25, 0.3) is 6.08 Å². The fourth-order valence-corrected chi connectivity index (χ4v) is 1.45. The minimum Gasteiger partial charge on any atom is -0.383 e. The molecule has 1 aromatic heterocycles. The summed E-state index contributed by atoms with van der Waals surface area (Å²) < 4.78 is 0. The van der Waals surface area contributed by atoms with Crippen molar-refractivity contribution in [3.8, 4) is 0 Å². The molecule has 2 rings (SSSR count). The highest BCUT2D eigenvalue weighted by atomic mass is 35.5. The highest BCUT2D eigenvalue weighted by molar-refractivity contribution is 6.38. The van der Waals surface area contributed by atoms with Gasteiger partial charge in [0.25, 0.3) is 0 Å². The molecule has 16 heavy (non-hydrogen) atoms. The molecule has 1 aliphatic heterocycles. The van der Waals surface area contributed by atoms with Gasteiger partial charge in [0, 0.05) is 11.8 Å². The molecule has 2 N–H and O–H groups in total. The van der Waals surface area contributed by atoms with E-state index in [1.165, 1.54) is 0 Å². The lowest BCUT2D eigenvalue weighted by molar-refractivity contribution is -0.136. The summed E-state index contributed by atoms with van der Waals surface area (Å²) in [5.41, 5.74) is 7.00. The highest BCUT2D eigenvalue weighted by Crippen LogP contribution is 2.18. The predicted octanol–water partition coefficient (Wildman–Crippen LogP) is 1.20. The third-order valence-electron chi connectivity index (χ3n) is 2.07. The quantitative estimate of drug-likeness (QED) is 0.476. The minimum atomic E-state index is -0.529. The van der Waals surface area contributed by atoms with Crippen molar-refractivity contribution in [3.05, 3.63) is 29.5 Å². The van der Waals surface area contributed by atoms with Crippen LogP contribution in [0.4, 0.5) is 5.82 Å². The van der Waals surface area contributed by atoms with Gasteiger partial charge in [0.05, 0.1) is 11.5 Å². The third-order valence-corrected chi connectivity index (χ3v) is 2.32. The van der Waals surface area contributed by atoms with Gasteiger partial charge in [-0.15, -0.1) is 11.6 Å². The van der Waals surface area contributed by atoms with E-state index in [1.54, 1.807) is 24.4 Å². The molecule has 0 unspecified atom stereocenters. The molecular weight excluding hydrogens is 230 g/mol. The van der Waals surface area contributed by atoms with Crippen molar-refractivity contribution < 1.29 is 9.63 Å². The summed E-state index contributed by atoms with van der Waals surface area (Å²) in [5.74, 6) is -0.0832. The molecule has 0 saturated carbocycles. The predicted molar refractivity (Wildman–Crippen MR) is 60.9 cm³/mol. The van der Waals surface area contributed by atoms with Crippen LogP contribution in [0.2, 0.25) is 0 Å². The van der Waals surface area contributed by atoms with Gasteiger partial charge in [0.1, 0.15) is 11.5 Å². The van der Waals surface area contributed by atoms with Gasteiger partial charge in [-0.1, -0.05) is 5.16 Å². The first-order valence-electron chi connectivity index (χ1n) is 4.49. The summed E-state index contributed by atoms with van der Waals surface area (Å²) in [6.07, 6.45) is 3.14. The first kappa shape index (κ1) is 10.6. The summed E-state index contributed by atoms with van der Waals surface area (Å²) in [7, 11) is 0. The van der Waals surface area contributed by atoms with E-state index in [0.29, 0.717) is 22.7 Å². The lowest BCUT2D eigenvalue weighted by Gasteiger charge is -1.99. The standard InChI is InChI=1S/C10H8ClN3O2/c11-5-8-7(10(15)16-14-8)4-6-2-1-3-13-9(6)12/h1-4H,5H2,(H2,12,13)/b7-4-. The lowest BCUT2D eigenvalue weighted by Crippen LogP contribution is -2.07. The Bertz CT molecular complexity index is 497. The number of carbonyl (C=O) groups is 1. The number of hydrogen-bond acceptors (Lipinski definition) is 5. The normalized spacial score (nSPS) is 17.4. The van der Waals surface area contributed by atoms with Gasteiger partial charge in [-0.25, -0.2) is 9.78 Å². The van der Waals surface area contributed by atoms with E-state index in [-0.39, 0.29) is 5.88 Å². The summed E-state index contributed by atoms with van der Waals surface area (Å²) in [4.78, 5) is 19.8. The number of oxime groups is 1. The number of rotatable bonds is 2. The monoisotopic (exact) mass is 237 g/mol. The molecule has 2 heterocycles. The maximum absolute atomic E-state index is 11.3. The van der Waals surface area contributed by atoms with Crippen LogP contribution in [-0.2, 0) is 9.63 Å². The van der Waals surface area contributed by atoms with Crippen LogP contribution in [0.3, 0.4) is 0 Å². The first-order valence-corrected chi connectivity index (χ1v) is 5.02. The SMILES string of the molecule is Nc1ncccc1/C=C1\C(=O)ON=C1CCl. The van der Waals surface area contributed by atoms with Gasteiger partial charge < -0.3 is 10.6 Å². The van der Waals surface area contributed by atoms with Crippen LogP contribution >= 0.6 is 11.6 Å². The number of nitrogens with two attached hydrogens (primary N) is 1. The molecule has 1 aliphatic rings. The van der Waals surface area contributed by atoms with Gasteiger partial charge in [-0.3, -0.25) is 0 Å². The van der Waals surface area contributed by atoms with Crippen LogP contribution in [0.15, 0.2) is 29.1 Å². The lowest BCUT2D eigenvalue weighted by atomic mass is 10.1. The van der Waals surface area contributed by atoms with Crippen LogP contribution in [0, 0.1) is 0 Å². The number of aromatic nitrogens is 1. The number of hydrogen-bond donors (Lipinski definition) is 1. The molecule has 82 valence electrons. The van der Waals surface area contributed by atoms with Gasteiger partial charge >= 0.3 is 5.97 Å². The Balaban J connectivity index is 2.41. The van der Waals surface area contributed by atoms with Crippen LogP contribution in [0.5, 0.6) is 0 Å². The van der Waals surface area contributed by atoms with Crippen molar-refractivity contribution in [2.24, 2.45) is 5.16 Å². The second kappa shape index (κ2) is 4.32. The fourth-order valence-electron chi connectivity index (χ4n) is 1.26. The van der Waals surface area contributed by atoms with E-state index >= 15 is 0 Å². The number of alkyl halides is 1. The summed E-state index contributed by atoms with van der Waals surface area (Å²) in [6, 6.07) is 3.47. The summed E-state index contributed by atoms with van der Waals surface area (Å²) in [5, 5.41) is 3.55. The van der Waals surface area contributed by atoms with Crippen LogP contribution in [0.1, 0.15) is 5.56 Å². The largest absolute Gasteiger partial charge is 0.383 e. The third kappa shape index (κ3) is 1.90. The Hall–Kier alpha value is -1.88.